The van der Waals surface area contributed by atoms with E-state index in [9.17, 15) is 4.79 Å². The summed E-state index contributed by atoms with van der Waals surface area (Å²) in [7, 11) is 0. The van der Waals surface area contributed by atoms with E-state index in [-0.39, 0.29) is 11.9 Å². The lowest BCUT2D eigenvalue weighted by Gasteiger charge is -2.14. The molecule has 18 heavy (non-hydrogen) atoms. The number of halogens is 1. The molecule has 1 unspecified atom stereocenters. The summed E-state index contributed by atoms with van der Waals surface area (Å²) in [6, 6.07) is 7.44. The van der Waals surface area contributed by atoms with Crippen molar-refractivity contribution in [3.63, 3.8) is 0 Å². The Hall–Kier alpha value is -1.37. The molecule has 1 aromatic heterocycles. The molecule has 1 heterocycles. The van der Waals surface area contributed by atoms with Crippen LogP contribution in [-0.2, 0) is 0 Å². The van der Waals surface area contributed by atoms with E-state index in [2.05, 4.69) is 37.9 Å². The van der Waals surface area contributed by atoms with E-state index in [0.717, 1.165) is 15.8 Å². The summed E-state index contributed by atoms with van der Waals surface area (Å²) in [5.74, 6) is 0.716. The lowest BCUT2D eigenvalue weighted by Crippen LogP contribution is -2.28. The minimum absolute atomic E-state index is 0.0724. The second kappa shape index (κ2) is 5.99. The van der Waals surface area contributed by atoms with Crippen LogP contribution in [0, 0.1) is 3.57 Å². The Balaban J connectivity index is 2.11. The number of carbonyl (C=O) groups is 1. The van der Waals surface area contributed by atoms with Gasteiger partial charge in [0.05, 0.1) is 6.04 Å². The van der Waals surface area contributed by atoms with Gasteiger partial charge in [0.25, 0.3) is 5.91 Å². The number of benzene rings is 1. The van der Waals surface area contributed by atoms with Gasteiger partial charge < -0.3 is 10.3 Å². The number of amides is 1. The number of aromatic nitrogens is 2. The third-order valence-electron chi connectivity index (χ3n) is 2.65. The SMILES string of the molecule is CCC(NC(=O)c1cccc(I)c1)c1ncc[nH]1. The Morgan fingerprint density at radius 1 is 1.56 bits per heavy atom. The van der Waals surface area contributed by atoms with Crippen molar-refractivity contribution >= 4 is 28.5 Å². The number of hydrogen-bond donors (Lipinski definition) is 2. The molecular weight excluding hydrogens is 341 g/mol. The fraction of sp³-hybridized carbons (Fsp3) is 0.231. The van der Waals surface area contributed by atoms with Crippen molar-refractivity contribution < 1.29 is 4.79 Å². The van der Waals surface area contributed by atoms with Gasteiger partial charge in [0.15, 0.2) is 0 Å². The topological polar surface area (TPSA) is 57.8 Å². The van der Waals surface area contributed by atoms with E-state index in [1.807, 2.05) is 31.2 Å². The number of aromatic amines is 1. The van der Waals surface area contributed by atoms with E-state index in [0.29, 0.717) is 5.56 Å². The third-order valence-corrected chi connectivity index (χ3v) is 3.32. The van der Waals surface area contributed by atoms with Crippen LogP contribution in [0.25, 0.3) is 0 Å². The number of H-pyrrole nitrogens is 1. The largest absolute Gasteiger partial charge is 0.347 e. The monoisotopic (exact) mass is 355 g/mol. The Morgan fingerprint density at radius 3 is 3.00 bits per heavy atom. The van der Waals surface area contributed by atoms with Gasteiger partial charge in [-0.25, -0.2) is 4.98 Å². The molecule has 1 amide bonds. The summed E-state index contributed by atoms with van der Waals surface area (Å²) in [5, 5.41) is 2.98. The first-order chi connectivity index (χ1) is 8.70. The molecule has 2 N–H and O–H groups in total. The maximum absolute atomic E-state index is 12.1. The van der Waals surface area contributed by atoms with Gasteiger partial charge in [0.2, 0.25) is 0 Å². The zero-order valence-electron chi connectivity index (χ0n) is 9.98. The molecule has 1 aromatic carbocycles. The molecule has 94 valence electrons. The van der Waals surface area contributed by atoms with Crippen molar-refractivity contribution in [1.29, 1.82) is 0 Å². The summed E-state index contributed by atoms with van der Waals surface area (Å²) in [4.78, 5) is 19.3. The van der Waals surface area contributed by atoms with Crippen molar-refractivity contribution in [3.8, 4) is 0 Å². The predicted molar refractivity (Wildman–Crippen MR) is 78.2 cm³/mol. The maximum Gasteiger partial charge on any atom is 0.251 e. The molecule has 0 aliphatic heterocycles. The van der Waals surface area contributed by atoms with Crippen LogP contribution in [0.3, 0.4) is 0 Å². The van der Waals surface area contributed by atoms with Gasteiger partial charge in [0, 0.05) is 21.5 Å². The van der Waals surface area contributed by atoms with Gasteiger partial charge in [-0.15, -0.1) is 0 Å². The standard InChI is InChI=1S/C13H14IN3O/c1-2-11(12-15-6-7-16-12)17-13(18)9-4-3-5-10(14)8-9/h3-8,11H,2H2,1H3,(H,15,16)(H,17,18). The lowest BCUT2D eigenvalue weighted by atomic mass is 10.1. The van der Waals surface area contributed by atoms with Crippen molar-refractivity contribution in [3.05, 3.63) is 51.6 Å². The average molecular weight is 355 g/mol. The molecule has 1 atom stereocenters. The van der Waals surface area contributed by atoms with Gasteiger partial charge >= 0.3 is 0 Å². The fourth-order valence-corrected chi connectivity index (χ4v) is 2.25. The Morgan fingerprint density at radius 2 is 2.39 bits per heavy atom. The van der Waals surface area contributed by atoms with E-state index < -0.39 is 0 Å². The van der Waals surface area contributed by atoms with Crippen LogP contribution in [0.2, 0.25) is 0 Å². The van der Waals surface area contributed by atoms with E-state index in [4.69, 9.17) is 0 Å². The minimum atomic E-state index is -0.0784. The van der Waals surface area contributed by atoms with Crippen molar-refractivity contribution in [1.82, 2.24) is 15.3 Å². The second-order valence-corrected chi connectivity index (χ2v) is 5.16. The quantitative estimate of drug-likeness (QED) is 0.829. The predicted octanol–water partition coefficient (Wildman–Crippen LogP) is 2.90. The molecule has 0 radical (unpaired) electrons. The molecule has 0 saturated heterocycles. The Bertz CT molecular complexity index is 525. The minimum Gasteiger partial charge on any atom is -0.347 e. The molecule has 2 aromatic rings. The van der Waals surface area contributed by atoms with Crippen LogP contribution in [0.5, 0.6) is 0 Å². The van der Waals surface area contributed by atoms with Crippen LogP contribution in [0.4, 0.5) is 0 Å². The number of nitrogens with one attached hydrogen (secondary N) is 2. The summed E-state index contributed by atoms with van der Waals surface area (Å²) in [5.41, 5.74) is 0.673. The molecule has 5 heteroatoms. The normalized spacial score (nSPS) is 12.1. The first kappa shape index (κ1) is 13.1. The first-order valence-corrected chi connectivity index (χ1v) is 6.84. The smallest absolute Gasteiger partial charge is 0.251 e. The molecular formula is C13H14IN3O. The highest BCUT2D eigenvalue weighted by Crippen LogP contribution is 2.13. The van der Waals surface area contributed by atoms with Crippen LogP contribution in [0.15, 0.2) is 36.7 Å². The lowest BCUT2D eigenvalue weighted by molar-refractivity contribution is 0.0934. The molecule has 0 saturated carbocycles. The van der Waals surface area contributed by atoms with Gasteiger partial charge in [-0.05, 0) is 47.2 Å². The van der Waals surface area contributed by atoms with E-state index in [1.54, 1.807) is 12.4 Å². The van der Waals surface area contributed by atoms with E-state index >= 15 is 0 Å². The average Bonchev–Trinajstić information content (AvgIpc) is 2.89. The number of nitrogens with zero attached hydrogens (tertiary/aromatic N) is 1. The summed E-state index contributed by atoms with van der Waals surface area (Å²) < 4.78 is 1.05. The summed E-state index contributed by atoms with van der Waals surface area (Å²) >= 11 is 2.19. The van der Waals surface area contributed by atoms with Gasteiger partial charge in [0.1, 0.15) is 5.82 Å². The highest BCUT2D eigenvalue weighted by atomic mass is 127. The number of imidazole rings is 1. The highest BCUT2D eigenvalue weighted by Gasteiger charge is 2.15. The molecule has 0 fully saturated rings. The zero-order valence-corrected chi connectivity index (χ0v) is 12.1. The van der Waals surface area contributed by atoms with Crippen LogP contribution in [-0.4, -0.2) is 15.9 Å². The van der Waals surface area contributed by atoms with Crippen LogP contribution >= 0.6 is 22.6 Å². The summed E-state index contributed by atoms with van der Waals surface area (Å²) in [6.45, 7) is 2.02. The molecule has 0 aliphatic carbocycles. The molecule has 0 bridgehead atoms. The third kappa shape index (κ3) is 3.10. The van der Waals surface area contributed by atoms with Gasteiger partial charge in [-0.3, -0.25) is 4.79 Å². The number of carbonyl (C=O) groups excluding carboxylic acids is 1. The van der Waals surface area contributed by atoms with Crippen molar-refractivity contribution in [2.24, 2.45) is 0 Å². The number of rotatable bonds is 4. The maximum atomic E-state index is 12.1. The number of hydrogen-bond acceptors (Lipinski definition) is 2. The Labute approximate surface area is 119 Å². The zero-order chi connectivity index (χ0) is 13.0. The highest BCUT2D eigenvalue weighted by molar-refractivity contribution is 14.1. The van der Waals surface area contributed by atoms with Crippen LogP contribution in [0.1, 0.15) is 35.6 Å². The van der Waals surface area contributed by atoms with Crippen LogP contribution < -0.4 is 5.32 Å². The second-order valence-electron chi connectivity index (χ2n) is 3.92. The van der Waals surface area contributed by atoms with Gasteiger partial charge in [-0.2, -0.15) is 0 Å². The van der Waals surface area contributed by atoms with E-state index in [1.165, 1.54) is 0 Å². The Kier molecular flexibility index (Phi) is 4.35. The first-order valence-electron chi connectivity index (χ1n) is 5.76. The van der Waals surface area contributed by atoms with Gasteiger partial charge in [-0.1, -0.05) is 13.0 Å². The molecule has 2 rings (SSSR count). The fourth-order valence-electron chi connectivity index (χ4n) is 1.70. The van der Waals surface area contributed by atoms with Crippen molar-refractivity contribution in [2.75, 3.05) is 0 Å². The molecule has 4 nitrogen and oxygen atoms in total. The molecule has 0 spiro atoms. The molecule has 0 aliphatic rings. The summed E-state index contributed by atoms with van der Waals surface area (Å²) in [6.07, 6.45) is 4.24. The van der Waals surface area contributed by atoms with Crippen molar-refractivity contribution in [2.45, 2.75) is 19.4 Å².